The first-order valence-corrected chi connectivity index (χ1v) is 5.71. The van der Waals surface area contributed by atoms with Gasteiger partial charge in [0.25, 0.3) is 0 Å². The number of halogens is 1. The van der Waals surface area contributed by atoms with Crippen LogP contribution in [-0.2, 0) is 6.61 Å². The van der Waals surface area contributed by atoms with Gasteiger partial charge < -0.3 is 4.74 Å². The third kappa shape index (κ3) is 3.17. The predicted octanol–water partition coefficient (Wildman–Crippen LogP) is 3.33. The lowest BCUT2D eigenvalue weighted by atomic mass is 10.1. The molecule has 0 amide bonds. The van der Waals surface area contributed by atoms with Gasteiger partial charge in [0.2, 0.25) is 0 Å². The normalized spacial score (nSPS) is 10.3. The highest BCUT2D eigenvalue weighted by molar-refractivity contribution is 6.29. The molecule has 2 aromatic rings. The summed E-state index contributed by atoms with van der Waals surface area (Å²) in [5.41, 5.74) is 3.10. The molecule has 0 aliphatic rings. The molecule has 1 heterocycles. The molecule has 88 valence electrons. The van der Waals surface area contributed by atoms with E-state index in [9.17, 15) is 0 Å². The first kappa shape index (κ1) is 11.9. The maximum Gasteiger partial charge on any atom is 0.151 e. The predicted molar refractivity (Wildman–Crippen MR) is 67.3 cm³/mol. The Balaban J connectivity index is 2.04. The van der Waals surface area contributed by atoms with Crippen LogP contribution in [0.15, 0.2) is 30.3 Å². The maximum atomic E-state index is 5.67. The first-order valence-electron chi connectivity index (χ1n) is 5.33. The van der Waals surface area contributed by atoms with Crippen LogP contribution >= 0.6 is 11.6 Å². The van der Waals surface area contributed by atoms with Gasteiger partial charge in [-0.2, -0.15) is 5.10 Å². The van der Waals surface area contributed by atoms with Crippen LogP contribution in [0.1, 0.15) is 16.8 Å². The van der Waals surface area contributed by atoms with E-state index in [1.807, 2.05) is 19.1 Å². The summed E-state index contributed by atoms with van der Waals surface area (Å²) < 4.78 is 5.67. The van der Waals surface area contributed by atoms with E-state index in [-0.39, 0.29) is 0 Å². The molecule has 0 aliphatic carbocycles. The minimum atomic E-state index is 0.389. The number of nitrogens with zero attached hydrogens (tertiary/aromatic N) is 2. The van der Waals surface area contributed by atoms with Crippen molar-refractivity contribution in [2.45, 2.75) is 20.5 Å². The van der Waals surface area contributed by atoms with Gasteiger partial charge in [0.15, 0.2) is 5.15 Å². The van der Waals surface area contributed by atoms with E-state index in [0.717, 1.165) is 17.0 Å². The minimum Gasteiger partial charge on any atom is -0.487 e. The van der Waals surface area contributed by atoms with E-state index in [2.05, 4.69) is 23.2 Å². The lowest BCUT2D eigenvalue weighted by Gasteiger charge is -2.08. The fourth-order valence-corrected chi connectivity index (χ4v) is 1.63. The van der Waals surface area contributed by atoms with Gasteiger partial charge in [-0.1, -0.05) is 29.3 Å². The molecule has 17 heavy (non-hydrogen) atoms. The van der Waals surface area contributed by atoms with E-state index < -0.39 is 0 Å². The Morgan fingerprint density at radius 2 is 1.94 bits per heavy atom. The van der Waals surface area contributed by atoms with Crippen LogP contribution in [0.25, 0.3) is 0 Å². The average molecular weight is 249 g/mol. The van der Waals surface area contributed by atoms with E-state index in [1.165, 1.54) is 5.56 Å². The van der Waals surface area contributed by atoms with Gasteiger partial charge in [-0.25, -0.2) is 0 Å². The zero-order valence-corrected chi connectivity index (χ0v) is 10.5. The van der Waals surface area contributed by atoms with Gasteiger partial charge in [0.1, 0.15) is 18.1 Å². The lowest BCUT2D eigenvalue weighted by Crippen LogP contribution is -2.00. The van der Waals surface area contributed by atoms with Gasteiger partial charge in [-0.15, -0.1) is 5.10 Å². The van der Waals surface area contributed by atoms with E-state index in [0.29, 0.717) is 11.8 Å². The molecule has 4 heteroatoms. The molecular formula is C13H13ClN2O. The fraction of sp³-hybridized carbons (Fsp3) is 0.231. The Bertz CT molecular complexity index is 511. The average Bonchev–Trinajstić information content (AvgIpc) is 2.30. The Hall–Kier alpha value is -1.61. The van der Waals surface area contributed by atoms with E-state index in [1.54, 1.807) is 12.1 Å². The monoisotopic (exact) mass is 248 g/mol. The zero-order valence-electron chi connectivity index (χ0n) is 9.77. The molecule has 0 bridgehead atoms. The number of benzene rings is 1. The van der Waals surface area contributed by atoms with Gasteiger partial charge in [0, 0.05) is 0 Å². The van der Waals surface area contributed by atoms with E-state index >= 15 is 0 Å². The zero-order chi connectivity index (χ0) is 12.3. The number of ether oxygens (including phenoxy) is 1. The highest BCUT2D eigenvalue weighted by atomic mass is 35.5. The van der Waals surface area contributed by atoms with Crippen LogP contribution in [0.3, 0.4) is 0 Å². The Morgan fingerprint density at radius 3 is 2.59 bits per heavy atom. The van der Waals surface area contributed by atoms with Crippen molar-refractivity contribution in [3.05, 3.63) is 52.3 Å². The number of hydrogen-bond acceptors (Lipinski definition) is 3. The SMILES string of the molecule is Cc1ccc(OCc2ccc(Cl)nn2)c(C)c1. The topological polar surface area (TPSA) is 35.0 Å². The second-order valence-electron chi connectivity index (χ2n) is 3.91. The second kappa shape index (κ2) is 5.15. The summed E-state index contributed by atoms with van der Waals surface area (Å²) in [6.07, 6.45) is 0. The third-order valence-electron chi connectivity index (χ3n) is 2.39. The van der Waals surface area contributed by atoms with Crippen LogP contribution in [0.5, 0.6) is 5.75 Å². The van der Waals surface area contributed by atoms with Gasteiger partial charge in [-0.3, -0.25) is 0 Å². The molecule has 0 N–H and O–H groups in total. The Labute approximate surface area is 105 Å². The van der Waals surface area contributed by atoms with Crippen LogP contribution < -0.4 is 4.74 Å². The largest absolute Gasteiger partial charge is 0.487 e. The van der Waals surface area contributed by atoms with E-state index in [4.69, 9.17) is 16.3 Å². The van der Waals surface area contributed by atoms with Crippen molar-refractivity contribution >= 4 is 11.6 Å². The molecule has 0 fully saturated rings. The summed E-state index contributed by atoms with van der Waals surface area (Å²) in [6.45, 7) is 4.48. The Kier molecular flexibility index (Phi) is 3.59. The molecule has 2 rings (SSSR count). The molecule has 1 aromatic heterocycles. The molecule has 0 atom stereocenters. The van der Waals surface area contributed by atoms with Crippen LogP contribution in [0.4, 0.5) is 0 Å². The second-order valence-corrected chi connectivity index (χ2v) is 4.29. The molecule has 0 saturated heterocycles. The van der Waals surface area contributed by atoms with Crippen molar-refractivity contribution in [3.8, 4) is 5.75 Å². The van der Waals surface area contributed by atoms with Crippen molar-refractivity contribution in [1.29, 1.82) is 0 Å². The number of hydrogen-bond donors (Lipinski definition) is 0. The number of aromatic nitrogens is 2. The molecule has 0 aliphatic heterocycles. The molecule has 0 spiro atoms. The van der Waals surface area contributed by atoms with Crippen LogP contribution in [0.2, 0.25) is 5.15 Å². The van der Waals surface area contributed by atoms with Crippen molar-refractivity contribution in [2.24, 2.45) is 0 Å². The van der Waals surface area contributed by atoms with Crippen molar-refractivity contribution in [3.63, 3.8) is 0 Å². The highest BCUT2D eigenvalue weighted by Gasteiger charge is 2.01. The smallest absolute Gasteiger partial charge is 0.151 e. The van der Waals surface area contributed by atoms with Crippen LogP contribution in [-0.4, -0.2) is 10.2 Å². The summed E-state index contributed by atoms with van der Waals surface area (Å²) in [7, 11) is 0. The minimum absolute atomic E-state index is 0.389. The van der Waals surface area contributed by atoms with Gasteiger partial charge >= 0.3 is 0 Å². The summed E-state index contributed by atoms with van der Waals surface area (Å²) in [5, 5.41) is 8.09. The van der Waals surface area contributed by atoms with Crippen molar-refractivity contribution in [2.75, 3.05) is 0 Å². The molecule has 3 nitrogen and oxygen atoms in total. The summed E-state index contributed by atoms with van der Waals surface area (Å²) in [6, 6.07) is 9.58. The van der Waals surface area contributed by atoms with Crippen molar-refractivity contribution < 1.29 is 4.74 Å². The molecule has 0 unspecified atom stereocenters. The molecular weight excluding hydrogens is 236 g/mol. The number of aryl methyl sites for hydroxylation is 2. The first-order chi connectivity index (χ1) is 8.15. The summed E-state index contributed by atoms with van der Waals surface area (Å²) >= 11 is 5.66. The summed E-state index contributed by atoms with van der Waals surface area (Å²) in [5.74, 6) is 0.868. The fourth-order valence-electron chi connectivity index (χ4n) is 1.53. The lowest BCUT2D eigenvalue weighted by molar-refractivity contribution is 0.297. The van der Waals surface area contributed by atoms with Crippen molar-refractivity contribution in [1.82, 2.24) is 10.2 Å². The number of rotatable bonds is 3. The molecule has 0 saturated carbocycles. The maximum absolute atomic E-state index is 5.67. The Morgan fingerprint density at radius 1 is 1.12 bits per heavy atom. The molecule has 0 radical (unpaired) electrons. The van der Waals surface area contributed by atoms with Crippen LogP contribution in [0, 0.1) is 13.8 Å². The summed E-state index contributed by atoms with van der Waals surface area (Å²) in [4.78, 5) is 0. The quantitative estimate of drug-likeness (QED) is 0.836. The third-order valence-corrected chi connectivity index (χ3v) is 2.59. The molecule has 1 aromatic carbocycles. The highest BCUT2D eigenvalue weighted by Crippen LogP contribution is 2.19. The standard InChI is InChI=1S/C13H13ClN2O/c1-9-3-5-12(10(2)7-9)17-8-11-4-6-13(14)16-15-11/h3-7H,8H2,1-2H3. The van der Waals surface area contributed by atoms with Gasteiger partial charge in [0.05, 0.1) is 0 Å². The van der Waals surface area contributed by atoms with Gasteiger partial charge in [-0.05, 0) is 37.6 Å².